The SMILES string of the molecule is CN(C)Cc1ccc(-c2cnc(N)c(C3=NNN(C)N3c3cc(F)ccc3Cl)c2)cc1. The standard InChI is InChI=1S/C22H23ClFN7/c1-29(2)13-14-4-6-15(7-5-14)16-10-18(21(25)26-12-16)22-27-28-30(3)31(22)20-11-17(24)8-9-19(20)23/h4-12,28H,13H2,1-3H3,(H2,25,26). The van der Waals surface area contributed by atoms with Gasteiger partial charge >= 0.3 is 0 Å². The fourth-order valence-corrected chi connectivity index (χ4v) is 3.63. The number of halogens is 2. The summed E-state index contributed by atoms with van der Waals surface area (Å²) in [5.41, 5.74) is 13.2. The molecule has 9 heteroatoms. The van der Waals surface area contributed by atoms with Crippen molar-refractivity contribution in [2.24, 2.45) is 5.10 Å². The Hall–Kier alpha value is -3.20. The maximum absolute atomic E-state index is 13.9. The van der Waals surface area contributed by atoms with E-state index in [1.165, 1.54) is 23.8 Å². The molecule has 4 rings (SSSR count). The summed E-state index contributed by atoms with van der Waals surface area (Å²) >= 11 is 6.34. The highest BCUT2D eigenvalue weighted by Gasteiger charge is 2.29. The van der Waals surface area contributed by atoms with Crippen LogP contribution in [0.4, 0.5) is 15.9 Å². The molecule has 0 saturated heterocycles. The second-order valence-corrected chi connectivity index (χ2v) is 7.97. The number of nitrogens with two attached hydrogens (primary N) is 1. The summed E-state index contributed by atoms with van der Waals surface area (Å²) in [5.74, 6) is 0.365. The largest absolute Gasteiger partial charge is 0.383 e. The van der Waals surface area contributed by atoms with Gasteiger partial charge in [0.15, 0.2) is 5.84 Å². The van der Waals surface area contributed by atoms with Crippen LogP contribution in [0.3, 0.4) is 0 Å². The summed E-state index contributed by atoms with van der Waals surface area (Å²) in [7, 11) is 5.82. The van der Waals surface area contributed by atoms with Crippen LogP contribution in [-0.4, -0.2) is 42.0 Å². The molecule has 0 fully saturated rings. The lowest BCUT2D eigenvalue weighted by atomic mass is 10.0. The highest BCUT2D eigenvalue weighted by atomic mass is 35.5. The molecule has 1 aliphatic rings. The van der Waals surface area contributed by atoms with E-state index in [4.69, 9.17) is 17.3 Å². The number of hydrazine groups is 2. The van der Waals surface area contributed by atoms with Gasteiger partial charge in [-0.25, -0.2) is 19.9 Å². The molecule has 0 saturated carbocycles. The van der Waals surface area contributed by atoms with Gasteiger partial charge in [-0.15, -0.1) is 10.2 Å². The Morgan fingerprint density at radius 2 is 1.84 bits per heavy atom. The Kier molecular flexibility index (Phi) is 5.77. The molecule has 0 atom stereocenters. The number of rotatable bonds is 5. The van der Waals surface area contributed by atoms with Gasteiger partial charge in [-0.1, -0.05) is 35.9 Å². The van der Waals surface area contributed by atoms with Crippen molar-refractivity contribution in [3.05, 3.63) is 76.7 Å². The van der Waals surface area contributed by atoms with Crippen molar-refractivity contribution >= 4 is 28.9 Å². The smallest absolute Gasteiger partial charge is 0.181 e. The van der Waals surface area contributed by atoms with Crippen molar-refractivity contribution in [2.45, 2.75) is 6.54 Å². The van der Waals surface area contributed by atoms with Crippen molar-refractivity contribution in [2.75, 3.05) is 31.9 Å². The molecule has 0 unspecified atom stereocenters. The zero-order chi connectivity index (χ0) is 22.1. The van der Waals surface area contributed by atoms with Crippen molar-refractivity contribution in [1.82, 2.24) is 20.5 Å². The average Bonchev–Trinajstić information content (AvgIpc) is 3.11. The highest BCUT2D eigenvalue weighted by molar-refractivity contribution is 6.34. The minimum absolute atomic E-state index is 0.307. The number of nitrogen functional groups attached to an aromatic ring is 1. The van der Waals surface area contributed by atoms with E-state index in [0.29, 0.717) is 27.9 Å². The summed E-state index contributed by atoms with van der Waals surface area (Å²) in [4.78, 5) is 6.49. The molecule has 160 valence electrons. The van der Waals surface area contributed by atoms with E-state index in [1.54, 1.807) is 23.4 Å². The number of benzene rings is 2. The second kappa shape index (κ2) is 8.50. The molecular formula is C22H23ClFN7. The molecule has 0 radical (unpaired) electrons. The van der Waals surface area contributed by atoms with E-state index in [0.717, 1.165) is 17.7 Å². The summed E-state index contributed by atoms with van der Waals surface area (Å²) in [6.45, 7) is 0.865. The first-order chi connectivity index (χ1) is 14.8. The van der Waals surface area contributed by atoms with Crippen molar-refractivity contribution in [1.29, 1.82) is 0 Å². The number of anilines is 2. The van der Waals surface area contributed by atoms with Gasteiger partial charge in [0.1, 0.15) is 11.6 Å². The number of nitrogens with one attached hydrogen (secondary N) is 1. The highest BCUT2D eigenvalue weighted by Crippen LogP contribution is 2.32. The zero-order valence-corrected chi connectivity index (χ0v) is 18.2. The number of amidine groups is 1. The molecule has 2 aromatic carbocycles. The number of nitrogens with zero attached hydrogens (tertiary/aromatic N) is 5. The predicted octanol–water partition coefficient (Wildman–Crippen LogP) is 3.72. The van der Waals surface area contributed by atoms with Gasteiger partial charge in [0.05, 0.1) is 16.3 Å². The molecule has 3 N–H and O–H groups in total. The summed E-state index contributed by atoms with van der Waals surface area (Å²) in [6, 6.07) is 14.4. The lowest BCUT2D eigenvalue weighted by Gasteiger charge is -2.27. The van der Waals surface area contributed by atoms with Gasteiger partial charge < -0.3 is 10.6 Å². The summed E-state index contributed by atoms with van der Waals surface area (Å²) in [5, 5.41) is 8.00. The predicted molar refractivity (Wildman–Crippen MR) is 123 cm³/mol. The van der Waals surface area contributed by atoms with Gasteiger partial charge in [0.25, 0.3) is 0 Å². The molecule has 3 aromatic rings. The molecule has 0 spiro atoms. The minimum Gasteiger partial charge on any atom is -0.383 e. The van der Waals surface area contributed by atoms with Gasteiger partial charge in [-0.2, -0.15) is 0 Å². The van der Waals surface area contributed by atoms with Gasteiger partial charge in [0.2, 0.25) is 0 Å². The Morgan fingerprint density at radius 1 is 1.10 bits per heavy atom. The molecule has 31 heavy (non-hydrogen) atoms. The third-order valence-corrected chi connectivity index (χ3v) is 5.20. The molecule has 7 nitrogen and oxygen atoms in total. The van der Waals surface area contributed by atoms with Crippen molar-refractivity contribution in [3.63, 3.8) is 0 Å². The van der Waals surface area contributed by atoms with Crippen LogP contribution in [0.2, 0.25) is 5.02 Å². The van der Waals surface area contributed by atoms with Crippen LogP contribution < -0.4 is 16.3 Å². The van der Waals surface area contributed by atoms with E-state index in [2.05, 4.69) is 44.8 Å². The quantitative estimate of drug-likeness (QED) is 0.631. The molecule has 0 aliphatic carbocycles. The minimum atomic E-state index is -0.406. The molecule has 0 amide bonds. The third kappa shape index (κ3) is 4.32. The number of hydrogen-bond acceptors (Lipinski definition) is 7. The Labute approximate surface area is 185 Å². The Balaban J connectivity index is 1.72. The van der Waals surface area contributed by atoms with Crippen molar-refractivity contribution in [3.8, 4) is 11.1 Å². The molecular weight excluding hydrogens is 417 g/mol. The number of aromatic nitrogens is 1. The van der Waals surface area contributed by atoms with E-state index < -0.39 is 5.82 Å². The molecule has 2 heterocycles. The second-order valence-electron chi connectivity index (χ2n) is 7.56. The van der Waals surface area contributed by atoms with E-state index in [9.17, 15) is 4.39 Å². The Morgan fingerprint density at radius 3 is 2.55 bits per heavy atom. The summed E-state index contributed by atoms with van der Waals surface area (Å²) in [6.07, 6.45) is 1.73. The van der Waals surface area contributed by atoms with E-state index in [-0.39, 0.29) is 0 Å². The van der Waals surface area contributed by atoms with Crippen LogP contribution in [0.1, 0.15) is 11.1 Å². The normalized spacial score (nSPS) is 14.1. The van der Waals surface area contributed by atoms with E-state index >= 15 is 0 Å². The Bertz CT molecular complexity index is 1130. The lowest BCUT2D eigenvalue weighted by Crippen LogP contribution is -2.43. The van der Waals surface area contributed by atoms with Crippen LogP contribution in [0.15, 0.2) is 59.8 Å². The monoisotopic (exact) mass is 439 g/mol. The molecule has 1 aromatic heterocycles. The zero-order valence-electron chi connectivity index (χ0n) is 17.5. The van der Waals surface area contributed by atoms with Gasteiger partial charge in [-0.05, 0) is 43.4 Å². The van der Waals surface area contributed by atoms with Crippen molar-refractivity contribution < 1.29 is 4.39 Å². The van der Waals surface area contributed by atoms with E-state index in [1.807, 2.05) is 20.2 Å². The number of pyridine rings is 1. The topological polar surface area (TPSA) is 73.0 Å². The number of hydrogen-bond donors (Lipinski definition) is 2. The molecule has 0 bridgehead atoms. The first kappa shape index (κ1) is 21.0. The van der Waals surface area contributed by atoms with Crippen LogP contribution >= 0.6 is 11.6 Å². The van der Waals surface area contributed by atoms with Crippen LogP contribution in [0, 0.1) is 5.82 Å². The average molecular weight is 440 g/mol. The van der Waals surface area contributed by atoms with Crippen LogP contribution in [0.25, 0.3) is 11.1 Å². The lowest BCUT2D eigenvalue weighted by molar-refractivity contribution is 0.278. The fourth-order valence-electron chi connectivity index (χ4n) is 3.43. The first-order valence-corrected chi connectivity index (χ1v) is 10.0. The van der Waals surface area contributed by atoms with Gasteiger partial charge in [0, 0.05) is 31.4 Å². The fraction of sp³-hybridized carbons (Fsp3) is 0.182. The van der Waals surface area contributed by atoms with Gasteiger partial charge in [-0.3, -0.25) is 0 Å². The first-order valence-electron chi connectivity index (χ1n) is 9.65. The maximum Gasteiger partial charge on any atom is 0.181 e. The number of hydrazone groups is 1. The van der Waals surface area contributed by atoms with Crippen LogP contribution in [-0.2, 0) is 6.54 Å². The third-order valence-electron chi connectivity index (χ3n) is 4.88. The molecule has 1 aliphatic heterocycles. The maximum atomic E-state index is 13.9. The van der Waals surface area contributed by atoms with Crippen LogP contribution in [0.5, 0.6) is 0 Å². The summed E-state index contributed by atoms with van der Waals surface area (Å²) < 4.78 is 13.9.